The molecule has 21 heavy (non-hydrogen) atoms. The maximum atomic E-state index is 13.0. The summed E-state index contributed by atoms with van der Waals surface area (Å²) in [6, 6.07) is 9.09. The molecule has 0 saturated carbocycles. The van der Waals surface area contributed by atoms with Crippen LogP contribution in [0.1, 0.15) is 23.8 Å². The largest absolute Gasteiger partial charge is 0.316 e. The van der Waals surface area contributed by atoms with Crippen molar-refractivity contribution in [1.82, 2.24) is 5.32 Å². The van der Waals surface area contributed by atoms with Crippen LogP contribution >= 0.6 is 27.3 Å². The molecular weight excluding hydrogens is 349 g/mol. The average molecular weight is 370 g/mol. The summed E-state index contributed by atoms with van der Waals surface area (Å²) in [4.78, 5) is 1.40. The van der Waals surface area contributed by atoms with Crippen LogP contribution in [-0.4, -0.2) is 13.1 Å². The maximum absolute atomic E-state index is 13.0. The quantitative estimate of drug-likeness (QED) is 0.641. The van der Waals surface area contributed by atoms with Crippen LogP contribution in [0.2, 0.25) is 0 Å². The Morgan fingerprint density at radius 1 is 1.24 bits per heavy atom. The molecule has 1 atom stereocenters. The number of rotatable bonds is 8. The molecule has 0 amide bonds. The number of nitrogens with one attached hydrogen (secondary N) is 1. The molecular formula is C17H21BrFNS. The van der Waals surface area contributed by atoms with Crippen LogP contribution in [0.4, 0.5) is 4.39 Å². The third-order valence-electron chi connectivity index (χ3n) is 3.41. The minimum absolute atomic E-state index is 0.165. The Bertz CT molecular complexity index is 538. The van der Waals surface area contributed by atoms with E-state index in [0.29, 0.717) is 5.92 Å². The van der Waals surface area contributed by atoms with Crippen molar-refractivity contribution in [2.24, 2.45) is 5.92 Å². The number of thiophene rings is 1. The fourth-order valence-corrected chi connectivity index (χ4v) is 3.97. The molecule has 0 aliphatic heterocycles. The zero-order valence-corrected chi connectivity index (χ0v) is 14.6. The highest BCUT2D eigenvalue weighted by Gasteiger charge is 2.12. The summed E-state index contributed by atoms with van der Waals surface area (Å²) >= 11 is 5.31. The lowest BCUT2D eigenvalue weighted by Gasteiger charge is -2.17. The molecule has 0 aliphatic carbocycles. The molecule has 1 N–H and O–H groups in total. The zero-order valence-electron chi connectivity index (χ0n) is 12.2. The SMILES string of the molecule is CCCNCC(Cc1ccc(F)cc1)Cc1cc(Br)cs1. The van der Waals surface area contributed by atoms with E-state index in [9.17, 15) is 4.39 Å². The highest BCUT2D eigenvalue weighted by Crippen LogP contribution is 2.24. The lowest BCUT2D eigenvalue weighted by Crippen LogP contribution is -2.26. The van der Waals surface area contributed by atoms with Crippen LogP contribution in [0, 0.1) is 11.7 Å². The van der Waals surface area contributed by atoms with E-state index in [2.05, 4.69) is 39.6 Å². The molecule has 1 aromatic carbocycles. The first-order valence-electron chi connectivity index (χ1n) is 7.35. The Hall–Kier alpha value is -0.710. The van der Waals surface area contributed by atoms with Gasteiger partial charge in [-0.15, -0.1) is 11.3 Å². The summed E-state index contributed by atoms with van der Waals surface area (Å²) in [5.74, 6) is 0.370. The standard InChI is InChI=1S/C17H21BrFNS/c1-2-7-20-11-14(9-17-10-15(18)12-21-17)8-13-3-5-16(19)6-4-13/h3-6,10,12,14,20H,2,7-9,11H2,1H3. The summed E-state index contributed by atoms with van der Waals surface area (Å²) < 4.78 is 14.2. The van der Waals surface area contributed by atoms with Gasteiger partial charge >= 0.3 is 0 Å². The molecule has 0 radical (unpaired) electrons. The van der Waals surface area contributed by atoms with Gasteiger partial charge in [0.25, 0.3) is 0 Å². The van der Waals surface area contributed by atoms with Gasteiger partial charge in [0.15, 0.2) is 0 Å². The normalized spacial score (nSPS) is 12.5. The predicted octanol–water partition coefficient (Wildman–Crippen LogP) is 5.05. The molecule has 1 unspecified atom stereocenters. The molecule has 4 heteroatoms. The summed E-state index contributed by atoms with van der Waals surface area (Å²) in [6.07, 6.45) is 3.19. The van der Waals surface area contributed by atoms with E-state index in [1.165, 1.54) is 10.4 Å². The van der Waals surface area contributed by atoms with E-state index in [1.54, 1.807) is 23.5 Å². The zero-order chi connectivity index (χ0) is 15.1. The number of halogens is 2. The first kappa shape index (κ1) is 16.7. The minimum Gasteiger partial charge on any atom is -0.316 e. The Kier molecular flexibility index (Phi) is 6.87. The van der Waals surface area contributed by atoms with Gasteiger partial charge < -0.3 is 5.32 Å². The van der Waals surface area contributed by atoms with Gasteiger partial charge in [0, 0.05) is 14.7 Å². The summed E-state index contributed by atoms with van der Waals surface area (Å²) in [6.45, 7) is 4.23. The monoisotopic (exact) mass is 369 g/mol. The predicted molar refractivity (Wildman–Crippen MR) is 92.5 cm³/mol. The molecule has 2 aromatic rings. The van der Waals surface area contributed by atoms with Crippen LogP contribution in [0.15, 0.2) is 40.2 Å². The molecule has 0 spiro atoms. The van der Waals surface area contributed by atoms with Crippen molar-refractivity contribution in [2.45, 2.75) is 26.2 Å². The van der Waals surface area contributed by atoms with Crippen molar-refractivity contribution < 1.29 is 4.39 Å². The van der Waals surface area contributed by atoms with Crippen LogP contribution in [-0.2, 0) is 12.8 Å². The third kappa shape index (κ3) is 5.89. The van der Waals surface area contributed by atoms with Crippen molar-refractivity contribution in [3.05, 3.63) is 56.4 Å². The van der Waals surface area contributed by atoms with Gasteiger partial charge in [-0.25, -0.2) is 4.39 Å². The first-order valence-corrected chi connectivity index (χ1v) is 9.02. The van der Waals surface area contributed by atoms with E-state index >= 15 is 0 Å². The van der Waals surface area contributed by atoms with E-state index < -0.39 is 0 Å². The van der Waals surface area contributed by atoms with Crippen molar-refractivity contribution in [2.75, 3.05) is 13.1 Å². The van der Waals surface area contributed by atoms with E-state index in [1.807, 2.05) is 12.1 Å². The maximum Gasteiger partial charge on any atom is 0.123 e. The Morgan fingerprint density at radius 2 is 2.00 bits per heavy atom. The first-order chi connectivity index (χ1) is 10.2. The molecule has 0 saturated heterocycles. The summed E-state index contributed by atoms with van der Waals surface area (Å²) in [5, 5.41) is 5.64. The second-order valence-corrected chi connectivity index (χ2v) is 7.25. The Morgan fingerprint density at radius 3 is 2.62 bits per heavy atom. The van der Waals surface area contributed by atoms with Gasteiger partial charge in [0.2, 0.25) is 0 Å². The molecule has 114 valence electrons. The lowest BCUT2D eigenvalue weighted by atomic mass is 9.95. The smallest absolute Gasteiger partial charge is 0.123 e. The van der Waals surface area contributed by atoms with Gasteiger partial charge in [0.05, 0.1) is 0 Å². The lowest BCUT2D eigenvalue weighted by molar-refractivity contribution is 0.473. The molecule has 1 nitrogen and oxygen atoms in total. The highest BCUT2D eigenvalue weighted by atomic mass is 79.9. The van der Waals surface area contributed by atoms with Crippen molar-refractivity contribution in [1.29, 1.82) is 0 Å². The number of benzene rings is 1. The number of hydrogen-bond donors (Lipinski definition) is 1. The average Bonchev–Trinajstić information content (AvgIpc) is 2.87. The molecule has 0 aliphatic rings. The summed E-state index contributed by atoms with van der Waals surface area (Å²) in [7, 11) is 0. The Balaban J connectivity index is 1.98. The second kappa shape index (κ2) is 8.66. The molecule has 1 aromatic heterocycles. The van der Waals surface area contributed by atoms with Gasteiger partial charge in [-0.05, 0) is 78.0 Å². The fourth-order valence-electron chi connectivity index (χ4n) is 2.40. The second-order valence-electron chi connectivity index (χ2n) is 5.34. The van der Waals surface area contributed by atoms with Crippen LogP contribution in [0.25, 0.3) is 0 Å². The van der Waals surface area contributed by atoms with E-state index in [0.717, 1.165) is 36.8 Å². The van der Waals surface area contributed by atoms with E-state index in [-0.39, 0.29) is 5.82 Å². The minimum atomic E-state index is -0.165. The van der Waals surface area contributed by atoms with Gasteiger partial charge in [0.1, 0.15) is 5.82 Å². The topological polar surface area (TPSA) is 12.0 Å². The molecule has 2 rings (SSSR count). The van der Waals surface area contributed by atoms with Crippen molar-refractivity contribution in [3.63, 3.8) is 0 Å². The van der Waals surface area contributed by atoms with Crippen LogP contribution in [0.5, 0.6) is 0 Å². The molecule has 0 bridgehead atoms. The van der Waals surface area contributed by atoms with Crippen LogP contribution < -0.4 is 5.32 Å². The fraction of sp³-hybridized carbons (Fsp3) is 0.412. The van der Waals surface area contributed by atoms with Crippen molar-refractivity contribution in [3.8, 4) is 0 Å². The third-order valence-corrected chi connectivity index (χ3v) is 5.13. The summed E-state index contributed by atoms with van der Waals surface area (Å²) in [5.41, 5.74) is 1.20. The van der Waals surface area contributed by atoms with Gasteiger partial charge in [-0.3, -0.25) is 0 Å². The Labute approximate surface area is 138 Å². The number of hydrogen-bond acceptors (Lipinski definition) is 2. The van der Waals surface area contributed by atoms with Gasteiger partial charge in [-0.1, -0.05) is 19.1 Å². The van der Waals surface area contributed by atoms with Gasteiger partial charge in [-0.2, -0.15) is 0 Å². The molecule has 0 fully saturated rings. The highest BCUT2D eigenvalue weighted by molar-refractivity contribution is 9.10. The van der Waals surface area contributed by atoms with Crippen LogP contribution in [0.3, 0.4) is 0 Å². The van der Waals surface area contributed by atoms with Crippen molar-refractivity contribution >= 4 is 27.3 Å². The van der Waals surface area contributed by atoms with E-state index in [4.69, 9.17) is 0 Å². The molecule has 1 heterocycles.